The SMILES string of the molecule is COc1ccc(CN(C)C(C)C(C)CO)cc1. The fraction of sp³-hybridized carbons (Fsp3) is 0.571. The summed E-state index contributed by atoms with van der Waals surface area (Å²) in [7, 11) is 3.76. The van der Waals surface area contributed by atoms with Crippen molar-refractivity contribution in [3.05, 3.63) is 29.8 Å². The Balaban J connectivity index is 2.57. The van der Waals surface area contributed by atoms with E-state index in [1.54, 1.807) is 7.11 Å². The van der Waals surface area contributed by atoms with E-state index >= 15 is 0 Å². The standard InChI is InChI=1S/C14H23NO2/c1-11(10-16)12(2)15(3)9-13-5-7-14(17-4)8-6-13/h5-8,11-12,16H,9-10H2,1-4H3. The van der Waals surface area contributed by atoms with Crippen LogP contribution < -0.4 is 4.74 Å². The molecule has 1 rings (SSSR count). The van der Waals surface area contributed by atoms with Gasteiger partial charge in [-0.1, -0.05) is 19.1 Å². The summed E-state index contributed by atoms with van der Waals surface area (Å²) >= 11 is 0. The number of hydrogen-bond donors (Lipinski definition) is 1. The Morgan fingerprint density at radius 3 is 2.29 bits per heavy atom. The molecule has 0 saturated heterocycles. The molecule has 0 spiro atoms. The van der Waals surface area contributed by atoms with Crippen molar-refractivity contribution in [2.75, 3.05) is 20.8 Å². The summed E-state index contributed by atoms with van der Waals surface area (Å²) in [6.45, 7) is 5.32. The van der Waals surface area contributed by atoms with E-state index in [0.29, 0.717) is 12.0 Å². The maximum atomic E-state index is 9.15. The first-order valence-corrected chi connectivity index (χ1v) is 6.02. The van der Waals surface area contributed by atoms with Crippen LogP contribution >= 0.6 is 0 Å². The summed E-state index contributed by atoms with van der Waals surface area (Å²) in [5.41, 5.74) is 1.25. The number of nitrogens with zero attached hydrogens (tertiary/aromatic N) is 1. The zero-order chi connectivity index (χ0) is 12.8. The maximum absolute atomic E-state index is 9.15. The fourth-order valence-electron chi connectivity index (χ4n) is 1.75. The van der Waals surface area contributed by atoms with Crippen LogP contribution in [-0.2, 0) is 6.54 Å². The topological polar surface area (TPSA) is 32.7 Å². The van der Waals surface area contributed by atoms with Gasteiger partial charge in [-0.05, 0) is 37.6 Å². The number of rotatable bonds is 6. The summed E-state index contributed by atoms with van der Waals surface area (Å²) in [6, 6.07) is 8.46. The lowest BCUT2D eigenvalue weighted by Gasteiger charge is -2.28. The van der Waals surface area contributed by atoms with Crippen molar-refractivity contribution in [2.45, 2.75) is 26.4 Å². The molecular weight excluding hydrogens is 214 g/mol. The zero-order valence-electron chi connectivity index (χ0n) is 11.2. The Kier molecular flexibility index (Phi) is 5.45. The highest BCUT2D eigenvalue weighted by Crippen LogP contribution is 2.15. The van der Waals surface area contributed by atoms with Gasteiger partial charge in [0.1, 0.15) is 5.75 Å². The van der Waals surface area contributed by atoms with Crippen molar-refractivity contribution < 1.29 is 9.84 Å². The van der Waals surface area contributed by atoms with Gasteiger partial charge in [-0.2, -0.15) is 0 Å². The van der Waals surface area contributed by atoms with Gasteiger partial charge in [0.15, 0.2) is 0 Å². The van der Waals surface area contributed by atoms with Crippen LogP contribution in [0.25, 0.3) is 0 Å². The quantitative estimate of drug-likeness (QED) is 0.823. The van der Waals surface area contributed by atoms with E-state index in [0.717, 1.165) is 12.3 Å². The van der Waals surface area contributed by atoms with E-state index in [9.17, 15) is 0 Å². The maximum Gasteiger partial charge on any atom is 0.118 e. The normalized spacial score (nSPS) is 14.7. The molecule has 0 fully saturated rings. The smallest absolute Gasteiger partial charge is 0.118 e. The van der Waals surface area contributed by atoms with Crippen LogP contribution in [-0.4, -0.2) is 36.8 Å². The molecule has 0 aliphatic rings. The number of hydrogen-bond acceptors (Lipinski definition) is 3. The van der Waals surface area contributed by atoms with Crippen LogP contribution in [0, 0.1) is 5.92 Å². The Morgan fingerprint density at radius 1 is 1.24 bits per heavy atom. The van der Waals surface area contributed by atoms with Gasteiger partial charge in [-0.15, -0.1) is 0 Å². The molecule has 0 heterocycles. The molecule has 0 amide bonds. The first-order valence-electron chi connectivity index (χ1n) is 6.02. The third-order valence-corrected chi connectivity index (χ3v) is 3.40. The van der Waals surface area contributed by atoms with Crippen molar-refractivity contribution in [2.24, 2.45) is 5.92 Å². The molecule has 3 heteroatoms. The lowest BCUT2D eigenvalue weighted by atomic mass is 10.0. The molecule has 96 valence electrons. The van der Waals surface area contributed by atoms with Crippen LogP contribution in [0.5, 0.6) is 5.75 Å². The highest BCUT2D eigenvalue weighted by atomic mass is 16.5. The van der Waals surface area contributed by atoms with Gasteiger partial charge in [0.25, 0.3) is 0 Å². The summed E-state index contributed by atoms with van der Waals surface area (Å²) in [4.78, 5) is 2.25. The summed E-state index contributed by atoms with van der Waals surface area (Å²) in [5, 5.41) is 9.15. The van der Waals surface area contributed by atoms with Crippen molar-refractivity contribution in [1.29, 1.82) is 0 Å². The lowest BCUT2D eigenvalue weighted by molar-refractivity contribution is 0.133. The molecular formula is C14H23NO2. The number of aliphatic hydroxyl groups is 1. The molecule has 3 nitrogen and oxygen atoms in total. The molecule has 0 radical (unpaired) electrons. The second kappa shape index (κ2) is 6.62. The van der Waals surface area contributed by atoms with Crippen molar-refractivity contribution >= 4 is 0 Å². The third kappa shape index (κ3) is 4.02. The molecule has 2 atom stereocenters. The monoisotopic (exact) mass is 237 g/mol. The number of aliphatic hydroxyl groups excluding tert-OH is 1. The Morgan fingerprint density at radius 2 is 1.82 bits per heavy atom. The molecule has 0 aliphatic carbocycles. The predicted molar refractivity (Wildman–Crippen MR) is 70.2 cm³/mol. The summed E-state index contributed by atoms with van der Waals surface area (Å²) in [5.74, 6) is 1.17. The average molecular weight is 237 g/mol. The lowest BCUT2D eigenvalue weighted by Crippen LogP contribution is -2.35. The van der Waals surface area contributed by atoms with Crippen LogP contribution in [0.15, 0.2) is 24.3 Å². The van der Waals surface area contributed by atoms with Crippen LogP contribution in [0.1, 0.15) is 19.4 Å². The molecule has 0 saturated carbocycles. The Labute approximate surface area is 104 Å². The van der Waals surface area contributed by atoms with E-state index < -0.39 is 0 Å². The molecule has 0 aromatic heterocycles. The van der Waals surface area contributed by atoms with Crippen molar-refractivity contribution in [3.63, 3.8) is 0 Å². The van der Waals surface area contributed by atoms with Gasteiger partial charge in [0, 0.05) is 19.2 Å². The third-order valence-electron chi connectivity index (χ3n) is 3.40. The van der Waals surface area contributed by atoms with E-state index in [2.05, 4.69) is 37.9 Å². The molecule has 1 aromatic carbocycles. The Bertz CT molecular complexity index is 323. The van der Waals surface area contributed by atoms with E-state index in [-0.39, 0.29) is 6.61 Å². The highest BCUT2D eigenvalue weighted by Gasteiger charge is 2.16. The Hall–Kier alpha value is -1.06. The molecule has 1 N–H and O–H groups in total. The van der Waals surface area contributed by atoms with Gasteiger partial charge in [0.2, 0.25) is 0 Å². The second-order valence-electron chi connectivity index (χ2n) is 4.66. The minimum atomic E-state index is 0.230. The van der Waals surface area contributed by atoms with E-state index in [1.807, 2.05) is 12.1 Å². The van der Waals surface area contributed by atoms with Crippen LogP contribution in [0.3, 0.4) is 0 Å². The first kappa shape index (κ1) is 14.0. The second-order valence-corrected chi connectivity index (χ2v) is 4.66. The number of benzene rings is 1. The zero-order valence-corrected chi connectivity index (χ0v) is 11.2. The van der Waals surface area contributed by atoms with Gasteiger partial charge >= 0.3 is 0 Å². The summed E-state index contributed by atoms with van der Waals surface area (Å²) in [6.07, 6.45) is 0. The number of methoxy groups -OCH3 is 1. The average Bonchev–Trinajstić information content (AvgIpc) is 2.37. The fourth-order valence-corrected chi connectivity index (χ4v) is 1.75. The number of ether oxygens (including phenoxy) is 1. The molecule has 0 aliphatic heterocycles. The largest absolute Gasteiger partial charge is 0.497 e. The van der Waals surface area contributed by atoms with Gasteiger partial charge in [0.05, 0.1) is 7.11 Å². The molecule has 17 heavy (non-hydrogen) atoms. The van der Waals surface area contributed by atoms with Crippen molar-refractivity contribution in [3.8, 4) is 5.75 Å². The van der Waals surface area contributed by atoms with Gasteiger partial charge in [-0.25, -0.2) is 0 Å². The highest BCUT2D eigenvalue weighted by molar-refractivity contribution is 5.27. The van der Waals surface area contributed by atoms with Gasteiger partial charge < -0.3 is 9.84 Å². The molecule has 2 unspecified atom stereocenters. The van der Waals surface area contributed by atoms with E-state index in [4.69, 9.17) is 9.84 Å². The van der Waals surface area contributed by atoms with E-state index in [1.165, 1.54) is 5.56 Å². The predicted octanol–water partition coefficient (Wildman–Crippen LogP) is 2.14. The van der Waals surface area contributed by atoms with Crippen molar-refractivity contribution in [1.82, 2.24) is 4.90 Å². The molecule has 0 bridgehead atoms. The van der Waals surface area contributed by atoms with Crippen LogP contribution in [0.2, 0.25) is 0 Å². The summed E-state index contributed by atoms with van der Waals surface area (Å²) < 4.78 is 5.13. The van der Waals surface area contributed by atoms with Gasteiger partial charge in [-0.3, -0.25) is 4.90 Å². The molecule has 1 aromatic rings. The minimum Gasteiger partial charge on any atom is -0.497 e. The van der Waals surface area contributed by atoms with Crippen LogP contribution in [0.4, 0.5) is 0 Å². The minimum absolute atomic E-state index is 0.230. The first-order chi connectivity index (χ1) is 8.08.